The molecule has 0 amide bonds. The van der Waals surface area contributed by atoms with Gasteiger partial charge < -0.3 is 10.5 Å². The first-order valence-electron chi connectivity index (χ1n) is 10.3. The van der Waals surface area contributed by atoms with E-state index in [-0.39, 0.29) is 23.1 Å². The zero-order chi connectivity index (χ0) is 24.6. The molecule has 2 aromatic carbocycles. The van der Waals surface area contributed by atoms with E-state index in [1.165, 1.54) is 4.57 Å². The SMILES string of the molecule is CC(C)OC(=O)C1=c2sc(=Cc3ccc(Br)cc3)c(=O)n2C(N)=C(C#N)C1c1ccc(Br)cc1. The highest BCUT2D eigenvalue weighted by Crippen LogP contribution is 2.37. The van der Waals surface area contributed by atoms with E-state index in [0.29, 0.717) is 14.8 Å². The molecule has 0 fully saturated rings. The van der Waals surface area contributed by atoms with Crippen molar-refractivity contribution in [3.8, 4) is 6.07 Å². The second kappa shape index (κ2) is 9.74. The number of ether oxygens (including phenoxy) is 1. The summed E-state index contributed by atoms with van der Waals surface area (Å²) in [4.78, 5) is 26.7. The van der Waals surface area contributed by atoms with Crippen molar-refractivity contribution in [1.29, 1.82) is 5.26 Å². The van der Waals surface area contributed by atoms with E-state index in [0.717, 1.165) is 25.8 Å². The number of esters is 1. The Bertz CT molecular complexity index is 1530. The summed E-state index contributed by atoms with van der Waals surface area (Å²) < 4.78 is 9.33. The monoisotopic (exact) mass is 599 g/mol. The first-order chi connectivity index (χ1) is 16.2. The number of carbonyl (C=O) groups is 1. The van der Waals surface area contributed by atoms with Crippen molar-refractivity contribution in [2.24, 2.45) is 5.73 Å². The molecule has 3 aromatic rings. The van der Waals surface area contributed by atoms with Crippen LogP contribution < -0.4 is 20.5 Å². The molecule has 1 unspecified atom stereocenters. The number of nitriles is 1. The Morgan fingerprint density at radius 3 is 2.29 bits per heavy atom. The maximum atomic E-state index is 13.4. The van der Waals surface area contributed by atoms with E-state index in [9.17, 15) is 14.9 Å². The molecule has 34 heavy (non-hydrogen) atoms. The molecule has 0 saturated heterocycles. The molecule has 0 aliphatic carbocycles. The largest absolute Gasteiger partial charge is 0.460 e. The Hall–Kier alpha value is -2.93. The van der Waals surface area contributed by atoms with E-state index >= 15 is 0 Å². The minimum Gasteiger partial charge on any atom is -0.460 e. The fraction of sp³-hybridized carbons (Fsp3) is 0.160. The van der Waals surface area contributed by atoms with E-state index < -0.39 is 17.4 Å². The van der Waals surface area contributed by atoms with Crippen LogP contribution in [0.2, 0.25) is 0 Å². The molecule has 9 heteroatoms. The fourth-order valence-corrected chi connectivity index (χ4v) is 5.42. The summed E-state index contributed by atoms with van der Waals surface area (Å²) in [7, 11) is 0. The number of rotatable bonds is 4. The number of hydrogen-bond acceptors (Lipinski definition) is 6. The van der Waals surface area contributed by atoms with Gasteiger partial charge in [0.15, 0.2) is 0 Å². The molecule has 6 nitrogen and oxygen atoms in total. The van der Waals surface area contributed by atoms with Crippen LogP contribution in [-0.2, 0) is 9.53 Å². The molecule has 1 aliphatic heterocycles. The van der Waals surface area contributed by atoms with E-state index in [2.05, 4.69) is 37.9 Å². The Morgan fingerprint density at radius 2 is 1.74 bits per heavy atom. The van der Waals surface area contributed by atoms with Crippen LogP contribution in [0.3, 0.4) is 0 Å². The Labute approximate surface area is 216 Å². The number of allylic oxidation sites excluding steroid dienone is 1. The highest BCUT2D eigenvalue weighted by Gasteiger charge is 2.36. The van der Waals surface area contributed by atoms with Crippen LogP contribution in [0.4, 0.5) is 0 Å². The highest BCUT2D eigenvalue weighted by atomic mass is 79.9. The minimum atomic E-state index is -0.761. The van der Waals surface area contributed by atoms with Crippen LogP contribution in [0.1, 0.15) is 30.9 Å². The van der Waals surface area contributed by atoms with E-state index in [1.54, 1.807) is 19.9 Å². The number of hydrogen-bond donors (Lipinski definition) is 1. The maximum Gasteiger partial charge on any atom is 0.338 e. The first kappa shape index (κ1) is 24.2. The molecule has 0 radical (unpaired) electrons. The number of nitrogens with zero attached hydrogens (tertiary/aromatic N) is 2. The number of halogens is 2. The second-order valence-corrected chi connectivity index (χ2v) is 10.7. The molecule has 1 aliphatic rings. The van der Waals surface area contributed by atoms with Crippen molar-refractivity contribution in [3.63, 3.8) is 0 Å². The van der Waals surface area contributed by atoms with Gasteiger partial charge in [-0.2, -0.15) is 5.26 Å². The standard InChI is InChI=1S/C25H19Br2N3O3S/c1-13(2)33-25(32)21-20(15-5-9-17(27)10-6-15)18(12-28)22(29)30-23(31)19(34-24(21)30)11-14-3-7-16(26)8-4-14/h3-11,13,20H,29H2,1-2H3. The third-order valence-corrected chi connectivity index (χ3v) is 7.37. The van der Waals surface area contributed by atoms with Crippen molar-refractivity contribution in [2.75, 3.05) is 0 Å². The predicted octanol–water partition coefficient (Wildman–Crippen LogP) is 3.81. The van der Waals surface area contributed by atoms with Gasteiger partial charge in [-0.3, -0.25) is 9.36 Å². The molecular weight excluding hydrogens is 582 g/mol. The molecule has 1 aromatic heterocycles. The van der Waals surface area contributed by atoms with Crippen LogP contribution in [0.25, 0.3) is 17.5 Å². The molecule has 0 bridgehead atoms. The summed E-state index contributed by atoms with van der Waals surface area (Å²) in [6.45, 7) is 3.50. The number of fused-ring (bicyclic) bond motifs is 1. The van der Waals surface area contributed by atoms with Gasteiger partial charge in [0.1, 0.15) is 10.5 Å². The molecule has 172 valence electrons. The van der Waals surface area contributed by atoms with Crippen LogP contribution in [0.5, 0.6) is 0 Å². The summed E-state index contributed by atoms with van der Waals surface area (Å²) in [5, 5.41) is 10.0. The average molecular weight is 601 g/mol. The summed E-state index contributed by atoms with van der Waals surface area (Å²) in [5.74, 6) is -1.33. The van der Waals surface area contributed by atoms with Crippen molar-refractivity contribution in [1.82, 2.24) is 4.57 Å². The fourth-order valence-electron chi connectivity index (χ4n) is 3.72. The zero-order valence-corrected chi connectivity index (χ0v) is 22.2. The molecule has 4 rings (SSSR count). The van der Waals surface area contributed by atoms with Crippen LogP contribution >= 0.6 is 43.2 Å². The predicted molar refractivity (Wildman–Crippen MR) is 140 cm³/mol. The van der Waals surface area contributed by atoms with Crippen molar-refractivity contribution < 1.29 is 9.53 Å². The lowest BCUT2D eigenvalue weighted by atomic mass is 9.84. The summed E-state index contributed by atoms with van der Waals surface area (Å²) in [6, 6.07) is 16.9. The highest BCUT2D eigenvalue weighted by molar-refractivity contribution is 9.10. The average Bonchev–Trinajstić information content (AvgIpc) is 3.11. The van der Waals surface area contributed by atoms with Gasteiger partial charge >= 0.3 is 5.97 Å². The van der Waals surface area contributed by atoms with Gasteiger partial charge in [-0.25, -0.2) is 4.79 Å². The third-order valence-electron chi connectivity index (χ3n) is 5.20. The lowest BCUT2D eigenvalue weighted by molar-refractivity contribution is -0.140. The van der Waals surface area contributed by atoms with Gasteiger partial charge in [0.05, 0.1) is 33.8 Å². The molecule has 2 heterocycles. The molecule has 0 saturated carbocycles. The van der Waals surface area contributed by atoms with Gasteiger partial charge in [-0.15, -0.1) is 11.3 Å². The van der Waals surface area contributed by atoms with Gasteiger partial charge in [-0.05, 0) is 55.3 Å². The van der Waals surface area contributed by atoms with Crippen molar-refractivity contribution >= 4 is 66.6 Å². The minimum absolute atomic E-state index is 0.0169. The molecular formula is C25H19Br2N3O3S. The third kappa shape index (κ3) is 4.53. The van der Waals surface area contributed by atoms with Crippen LogP contribution in [0, 0.1) is 11.3 Å². The summed E-state index contributed by atoms with van der Waals surface area (Å²) in [6.07, 6.45) is 1.36. The normalized spacial score (nSPS) is 15.9. The van der Waals surface area contributed by atoms with Crippen molar-refractivity contribution in [2.45, 2.75) is 25.9 Å². The van der Waals surface area contributed by atoms with Gasteiger partial charge in [0.25, 0.3) is 5.56 Å². The molecule has 1 atom stereocenters. The van der Waals surface area contributed by atoms with Crippen LogP contribution in [0.15, 0.2) is 67.8 Å². The quantitative estimate of drug-likeness (QED) is 0.459. The number of thiazole rings is 1. The Morgan fingerprint density at radius 1 is 1.15 bits per heavy atom. The number of carbonyl (C=O) groups excluding carboxylic acids is 1. The zero-order valence-electron chi connectivity index (χ0n) is 18.2. The second-order valence-electron chi connectivity index (χ2n) is 7.87. The van der Waals surface area contributed by atoms with Gasteiger partial charge in [0.2, 0.25) is 0 Å². The van der Waals surface area contributed by atoms with E-state index in [4.69, 9.17) is 10.5 Å². The summed E-state index contributed by atoms with van der Waals surface area (Å²) >= 11 is 7.97. The lowest BCUT2D eigenvalue weighted by Crippen LogP contribution is -2.40. The van der Waals surface area contributed by atoms with Crippen LogP contribution in [-0.4, -0.2) is 16.6 Å². The lowest BCUT2D eigenvalue weighted by Gasteiger charge is -2.25. The Kier molecular flexibility index (Phi) is 6.94. The van der Waals surface area contributed by atoms with Gasteiger partial charge in [-0.1, -0.05) is 56.1 Å². The first-order valence-corrected chi connectivity index (χ1v) is 12.7. The molecule has 2 N–H and O–H groups in total. The Balaban J connectivity index is 2.08. The maximum absolute atomic E-state index is 13.4. The topological polar surface area (TPSA) is 98.1 Å². The smallest absolute Gasteiger partial charge is 0.338 e. The van der Waals surface area contributed by atoms with Gasteiger partial charge in [0, 0.05) is 8.95 Å². The van der Waals surface area contributed by atoms with Crippen molar-refractivity contribution in [3.05, 3.63) is 93.7 Å². The summed E-state index contributed by atoms with van der Waals surface area (Å²) in [5.41, 5.74) is 7.85. The number of aromatic nitrogens is 1. The molecule has 0 spiro atoms. The van der Waals surface area contributed by atoms with E-state index in [1.807, 2.05) is 48.5 Å². The number of nitrogens with two attached hydrogens (primary N) is 1. The number of benzene rings is 2.